The number of benzene rings is 3. The van der Waals surface area contributed by atoms with Crippen molar-refractivity contribution in [1.82, 2.24) is 4.98 Å². The minimum absolute atomic E-state index is 0.303. The van der Waals surface area contributed by atoms with Crippen LogP contribution in [0.15, 0.2) is 71.9 Å². The number of aliphatic imine (C=N–C) groups is 1. The zero-order chi connectivity index (χ0) is 19.8. The Bertz CT molecular complexity index is 1340. The molecule has 0 N–H and O–H groups in total. The molecule has 6 rings (SSSR count). The summed E-state index contributed by atoms with van der Waals surface area (Å²) in [7, 11) is 2.10. The van der Waals surface area contributed by atoms with Crippen LogP contribution in [0.2, 0.25) is 0 Å². The molecule has 0 saturated carbocycles. The van der Waals surface area contributed by atoms with Crippen molar-refractivity contribution in [2.75, 3.05) is 11.9 Å². The molecule has 4 heteroatoms. The number of hydrogen-bond donors (Lipinski definition) is 0. The summed E-state index contributed by atoms with van der Waals surface area (Å²) in [5.41, 5.74) is 3.27. The molecule has 0 amide bonds. The summed E-state index contributed by atoms with van der Waals surface area (Å²) in [5, 5.41) is 3.52. The third-order valence-corrected chi connectivity index (χ3v) is 6.64. The monoisotopic (exact) mass is 379 g/mol. The molecular weight excluding hydrogens is 358 g/mol. The summed E-state index contributed by atoms with van der Waals surface area (Å²) in [6, 6.07) is 20.9. The number of ether oxygens (including phenoxy) is 1. The van der Waals surface area contributed by atoms with Crippen LogP contribution in [0.5, 0.6) is 5.75 Å². The molecule has 0 radical (unpaired) electrons. The van der Waals surface area contributed by atoms with Crippen LogP contribution < -0.4 is 9.64 Å². The minimum atomic E-state index is -0.692. The van der Waals surface area contributed by atoms with Crippen LogP contribution in [0, 0.1) is 0 Å². The molecule has 3 heterocycles. The smallest absolute Gasteiger partial charge is 0.228 e. The topological polar surface area (TPSA) is 37.7 Å². The Morgan fingerprint density at radius 2 is 1.72 bits per heavy atom. The maximum Gasteiger partial charge on any atom is 0.228 e. The van der Waals surface area contributed by atoms with E-state index >= 15 is 0 Å². The van der Waals surface area contributed by atoms with Crippen LogP contribution >= 0.6 is 0 Å². The molecule has 0 bridgehead atoms. The maximum atomic E-state index is 6.80. The van der Waals surface area contributed by atoms with E-state index in [1.165, 1.54) is 22.0 Å². The van der Waals surface area contributed by atoms with Gasteiger partial charge in [0.05, 0.1) is 17.1 Å². The van der Waals surface area contributed by atoms with Crippen LogP contribution in [0.3, 0.4) is 0 Å². The average molecular weight is 379 g/mol. The molecule has 1 atom stereocenters. The van der Waals surface area contributed by atoms with Gasteiger partial charge in [0.15, 0.2) is 0 Å². The lowest BCUT2D eigenvalue weighted by atomic mass is 9.76. The molecule has 2 aliphatic rings. The summed E-state index contributed by atoms with van der Waals surface area (Å²) >= 11 is 0. The van der Waals surface area contributed by atoms with Crippen LogP contribution in [-0.4, -0.2) is 24.0 Å². The highest BCUT2D eigenvalue weighted by Crippen LogP contribution is 2.55. The van der Waals surface area contributed by atoms with E-state index in [-0.39, 0.29) is 5.41 Å². The summed E-state index contributed by atoms with van der Waals surface area (Å²) in [5.74, 6) is 0.796. The van der Waals surface area contributed by atoms with Gasteiger partial charge in [-0.3, -0.25) is 9.98 Å². The third kappa shape index (κ3) is 1.93. The van der Waals surface area contributed by atoms with Gasteiger partial charge in [-0.15, -0.1) is 0 Å². The predicted molar refractivity (Wildman–Crippen MR) is 119 cm³/mol. The molecule has 2 aliphatic heterocycles. The molecule has 4 nitrogen and oxygen atoms in total. The molecular formula is C25H21N3O. The van der Waals surface area contributed by atoms with Gasteiger partial charge in [0.2, 0.25) is 5.72 Å². The number of nitrogens with zero attached hydrogens (tertiary/aromatic N) is 3. The van der Waals surface area contributed by atoms with Crippen LogP contribution in [-0.2, 0) is 5.41 Å². The van der Waals surface area contributed by atoms with Crippen molar-refractivity contribution in [2.24, 2.45) is 4.99 Å². The molecule has 0 aliphatic carbocycles. The van der Waals surface area contributed by atoms with E-state index in [1.807, 2.05) is 30.5 Å². The van der Waals surface area contributed by atoms with Gasteiger partial charge in [0.25, 0.3) is 0 Å². The van der Waals surface area contributed by atoms with Gasteiger partial charge in [0, 0.05) is 24.3 Å². The van der Waals surface area contributed by atoms with E-state index in [2.05, 4.69) is 67.2 Å². The fourth-order valence-electron chi connectivity index (χ4n) is 5.10. The van der Waals surface area contributed by atoms with E-state index in [9.17, 15) is 0 Å². The summed E-state index contributed by atoms with van der Waals surface area (Å²) < 4.78 is 6.80. The molecule has 1 aromatic heterocycles. The van der Waals surface area contributed by atoms with Crippen LogP contribution in [0.25, 0.3) is 21.7 Å². The molecule has 0 fully saturated rings. The van der Waals surface area contributed by atoms with Gasteiger partial charge < -0.3 is 9.64 Å². The Morgan fingerprint density at radius 3 is 2.62 bits per heavy atom. The Kier molecular flexibility index (Phi) is 3.05. The number of fused-ring (bicyclic) bond motifs is 6. The molecule has 1 spiro atoms. The van der Waals surface area contributed by atoms with Gasteiger partial charge >= 0.3 is 0 Å². The van der Waals surface area contributed by atoms with Crippen molar-refractivity contribution in [3.8, 4) is 5.75 Å². The van der Waals surface area contributed by atoms with Crippen molar-refractivity contribution in [1.29, 1.82) is 0 Å². The lowest BCUT2D eigenvalue weighted by Crippen LogP contribution is -2.61. The standard InChI is InChI=1S/C25H21N3O/c1-24(2)22-17-8-5-4-7-16(17)10-12-20(22)28(3)25(24)15-27-23-18-9-6-14-26-19(18)11-13-21(23)29-25/h4-15H,1-3H3/t25-/m0/s1. The summed E-state index contributed by atoms with van der Waals surface area (Å²) in [6.07, 6.45) is 3.79. The van der Waals surface area contributed by atoms with Gasteiger partial charge in [-0.25, -0.2) is 0 Å². The fraction of sp³-hybridized carbons (Fsp3) is 0.200. The van der Waals surface area contributed by atoms with E-state index < -0.39 is 5.72 Å². The third-order valence-electron chi connectivity index (χ3n) is 6.64. The first kappa shape index (κ1) is 16.5. The molecule has 0 saturated heterocycles. The first-order chi connectivity index (χ1) is 14.0. The Hall–Kier alpha value is -3.40. The molecule has 3 aromatic carbocycles. The maximum absolute atomic E-state index is 6.80. The highest BCUT2D eigenvalue weighted by atomic mass is 16.5. The second kappa shape index (κ2) is 5.35. The van der Waals surface area contributed by atoms with Crippen molar-refractivity contribution in [3.05, 3.63) is 72.4 Å². The lowest BCUT2D eigenvalue weighted by Gasteiger charge is -2.45. The molecule has 4 aromatic rings. The highest BCUT2D eigenvalue weighted by molar-refractivity contribution is 6.01. The zero-order valence-corrected chi connectivity index (χ0v) is 16.7. The molecule has 0 unspecified atom stereocenters. The number of hydrogen-bond acceptors (Lipinski definition) is 4. The van der Waals surface area contributed by atoms with Crippen molar-refractivity contribution in [2.45, 2.75) is 25.0 Å². The highest BCUT2D eigenvalue weighted by Gasteiger charge is 2.59. The number of aromatic nitrogens is 1. The lowest BCUT2D eigenvalue weighted by molar-refractivity contribution is 0.0831. The Labute approximate surface area is 169 Å². The van der Waals surface area contributed by atoms with E-state index in [4.69, 9.17) is 9.73 Å². The number of anilines is 1. The van der Waals surface area contributed by atoms with Crippen LogP contribution in [0.1, 0.15) is 19.4 Å². The Morgan fingerprint density at radius 1 is 0.897 bits per heavy atom. The molecule has 142 valence electrons. The fourth-order valence-corrected chi connectivity index (χ4v) is 5.10. The van der Waals surface area contributed by atoms with Gasteiger partial charge in [-0.2, -0.15) is 0 Å². The van der Waals surface area contributed by atoms with Crippen molar-refractivity contribution >= 4 is 39.3 Å². The first-order valence-corrected chi connectivity index (χ1v) is 9.91. The van der Waals surface area contributed by atoms with Crippen molar-refractivity contribution < 1.29 is 4.74 Å². The molecule has 29 heavy (non-hydrogen) atoms. The minimum Gasteiger partial charge on any atom is -0.459 e. The van der Waals surface area contributed by atoms with Gasteiger partial charge in [0.1, 0.15) is 11.4 Å². The number of likely N-dealkylation sites (N-methyl/N-ethyl adjacent to an activating group) is 1. The average Bonchev–Trinajstić information content (AvgIpc) is 2.92. The van der Waals surface area contributed by atoms with Crippen LogP contribution in [0.4, 0.5) is 11.4 Å². The largest absolute Gasteiger partial charge is 0.459 e. The Balaban J connectivity index is 1.59. The normalized spacial score (nSPS) is 21.4. The number of pyridine rings is 1. The van der Waals surface area contributed by atoms with E-state index in [0.717, 1.165) is 22.3 Å². The summed E-state index contributed by atoms with van der Waals surface area (Å²) in [6.45, 7) is 4.50. The van der Waals surface area contributed by atoms with Gasteiger partial charge in [-0.1, -0.05) is 30.3 Å². The first-order valence-electron chi connectivity index (χ1n) is 9.91. The van der Waals surface area contributed by atoms with E-state index in [0.29, 0.717) is 0 Å². The second-order valence-electron chi connectivity index (χ2n) is 8.40. The van der Waals surface area contributed by atoms with Crippen molar-refractivity contribution in [3.63, 3.8) is 0 Å². The predicted octanol–water partition coefficient (Wildman–Crippen LogP) is 5.61. The van der Waals surface area contributed by atoms with E-state index in [1.54, 1.807) is 6.20 Å². The summed E-state index contributed by atoms with van der Waals surface area (Å²) in [4.78, 5) is 11.6. The van der Waals surface area contributed by atoms with Gasteiger partial charge in [-0.05, 0) is 60.5 Å². The number of rotatable bonds is 0. The SMILES string of the molecule is CN1c2ccc3ccccc3c2C(C)(C)[C@@]12C=Nc1c(ccc3ncccc13)O2. The second-order valence-corrected chi connectivity index (χ2v) is 8.40. The zero-order valence-electron chi connectivity index (χ0n) is 16.7. The quantitative estimate of drug-likeness (QED) is 0.399.